The number of anilines is 1. The Kier molecular flexibility index (Phi) is 6.12. The molecular weight excluding hydrogens is 428 g/mol. The van der Waals surface area contributed by atoms with Gasteiger partial charge in [-0.1, -0.05) is 18.1 Å². The van der Waals surface area contributed by atoms with Crippen LogP contribution >= 0.6 is 0 Å². The van der Waals surface area contributed by atoms with Crippen molar-refractivity contribution in [3.05, 3.63) is 59.2 Å². The van der Waals surface area contributed by atoms with E-state index >= 15 is 0 Å². The molecule has 0 radical (unpaired) electrons. The van der Waals surface area contributed by atoms with Crippen molar-refractivity contribution in [3.8, 4) is 11.5 Å². The first-order valence-corrected chi connectivity index (χ1v) is 12.0. The van der Waals surface area contributed by atoms with Crippen molar-refractivity contribution in [2.75, 3.05) is 18.4 Å². The third kappa shape index (κ3) is 4.58. The standard InChI is InChI=1S/C23H26N4O4S/c1-15-10-12-27(13-11-15)32(29,30)20-8-6-18(7-9-20)21(28)24-23-26-25-22(31-23)19-5-4-16(2)17(3)14-19/h4-9,14-15H,10-13H2,1-3H3,(H,24,26,28). The Morgan fingerprint density at radius 2 is 1.72 bits per heavy atom. The molecule has 1 aliphatic rings. The molecule has 168 valence electrons. The molecule has 8 nitrogen and oxygen atoms in total. The van der Waals surface area contributed by atoms with Gasteiger partial charge in [0.15, 0.2) is 0 Å². The number of nitrogens with zero attached hydrogens (tertiary/aromatic N) is 3. The van der Waals surface area contributed by atoms with E-state index in [0.29, 0.717) is 30.5 Å². The van der Waals surface area contributed by atoms with Crippen molar-refractivity contribution in [1.82, 2.24) is 14.5 Å². The molecule has 0 saturated carbocycles. The van der Waals surface area contributed by atoms with Gasteiger partial charge in [-0.3, -0.25) is 10.1 Å². The molecule has 0 bridgehead atoms. The first kappa shape index (κ1) is 22.2. The van der Waals surface area contributed by atoms with Gasteiger partial charge >= 0.3 is 6.01 Å². The number of piperidine rings is 1. The number of amides is 1. The molecule has 1 N–H and O–H groups in total. The minimum absolute atomic E-state index is 0.0256. The van der Waals surface area contributed by atoms with E-state index in [9.17, 15) is 13.2 Å². The molecule has 1 aromatic heterocycles. The van der Waals surface area contributed by atoms with Crippen LogP contribution in [0.2, 0.25) is 0 Å². The molecule has 1 amide bonds. The van der Waals surface area contributed by atoms with Gasteiger partial charge in [-0.2, -0.15) is 4.31 Å². The van der Waals surface area contributed by atoms with Crippen LogP contribution in [0.1, 0.15) is 41.3 Å². The summed E-state index contributed by atoms with van der Waals surface area (Å²) in [5.74, 6) is 0.379. The number of rotatable bonds is 5. The predicted molar refractivity (Wildman–Crippen MR) is 121 cm³/mol. The Morgan fingerprint density at radius 1 is 1.03 bits per heavy atom. The Balaban J connectivity index is 1.44. The van der Waals surface area contributed by atoms with Gasteiger partial charge in [0, 0.05) is 24.2 Å². The summed E-state index contributed by atoms with van der Waals surface area (Å²) in [6.07, 6.45) is 1.71. The monoisotopic (exact) mass is 454 g/mol. The number of sulfonamides is 1. The van der Waals surface area contributed by atoms with Crippen LogP contribution in [0.15, 0.2) is 51.8 Å². The minimum atomic E-state index is -3.56. The summed E-state index contributed by atoms with van der Waals surface area (Å²) >= 11 is 0. The Bertz CT molecular complexity index is 1230. The van der Waals surface area contributed by atoms with E-state index < -0.39 is 15.9 Å². The minimum Gasteiger partial charge on any atom is -0.403 e. The highest BCUT2D eigenvalue weighted by molar-refractivity contribution is 7.89. The van der Waals surface area contributed by atoms with Gasteiger partial charge in [0.05, 0.1) is 4.90 Å². The quantitative estimate of drug-likeness (QED) is 0.624. The lowest BCUT2D eigenvalue weighted by atomic mass is 10.0. The SMILES string of the molecule is Cc1ccc(-c2nnc(NC(=O)c3ccc(S(=O)(=O)N4CCC(C)CC4)cc3)o2)cc1C. The normalized spacial score (nSPS) is 15.6. The van der Waals surface area contributed by atoms with E-state index in [1.165, 1.54) is 28.6 Å². The van der Waals surface area contributed by atoms with Gasteiger partial charge in [-0.05, 0) is 80.1 Å². The summed E-state index contributed by atoms with van der Waals surface area (Å²) in [4.78, 5) is 12.7. The topological polar surface area (TPSA) is 105 Å². The Morgan fingerprint density at radius 3 is 2.38 bits per heavy atom. The number of hydrogen-bond acceptors (Lipinski definition) is 6. The summed E-state index contributed by atoms with van der Waals surface area (Å²) < 4.78 is 32.8. The third-order valence-electron chi connectivity index (χ3n) is 5.90. The average molecular weight is 455 g/mol. The van der Waals surface area contributed by atoms with Gasteiger partial charge in [-0.15, -0.1) is 5.10 Å². The first-order chi connectivity index (χ1) is 15.2. The molecule has 32 heavy (non-hydrogen) atoms. The van der Waals surface area contributed by atoms with E-state index in [1.807, 2.05) is 32.0 Å². The lowest BCUT2D eigenvalue weighted by molar-refractivity contribution is 0.102. The predicted octanol–water partition coefficient (Wildman–Crippen LogP) is 4.03. The number of benzene rings is 2. The zero-order valence-electron chi connectivity index (χ0n) is 18.3. The molecule has 0 unspecified atom stereocenters. The van der Waals surface area contributed by atoms with Crippen LogP contribution in [-0.2, 0) is 10.0 Å². The number of hydrogen-bond donors (Lipinski definition) is 1. The van der Waals surface area contributed by atoms with Crippen molar-refractivity contribution in [2.45, 2.75) is 38.5 Å². The fourth-order valence-corrected chi connectivity index (χ4v) is 5.06. The molecule has 0 spiro atoms. The molecule has 9 heteroatoms. The average Bonchev–Trinajstić information content (AvgIpc) is 3.24. The van der Waals surface area contributed by atoms with E-state index in [1.54, 1.807) is 0 Å². The molecule has 0 atom stereocenters. The smallest absolute Gasteiger partial charge is 0.322 e. The summed E-state index contributed by atoms with van der Waals surface area (Å²) in [7, 11) is -3.56. The van der Waals surface area contributed by atoms with Crippen LogP contribution < -0.4 is 5.32 Å². The van der Waals surface area contributed by atoms with Gasteiger partial charge in [0.1, 0.15) is 0 Å². The molecule has 4 rings (SSSR count). The summed E-state index contributed by atoms with van der Waals surface area (Å²) in [5, 5.41) is 10.4. The Labute approximate surface area is 187 Å². The van der Waals surface area contributed by atoms with Gasteiger partial charge in [-0.25, -0.2) is 8.42 Å². The van der Waals surface area contributed by atoms with Crippen LogP contribution in [0.5, 0.6) is 0 Å². The summed E-state index contributed by atoms with van der Waals surface area (Å²) in [6.45, 7) is 7.18. The van der Waals surface area contributed by atoms with Crippen molar-refractivity contribution in [1.29, 1.82) is 0 Å². The van der Waals surface area contributed by atoms with Crippen molar-refractivity contribution >= 4 is 21.9 Å². The highest BCUT2D eigenvalue weighted by Gasteiger charge is 2.28. The third-order valence-corrected chi connectivity index (χ3v) is 7.81. The number of aryl methyl sites for hydroxylation is 2. The van der Waals surface area contributed by atoms with Crippen molar-refractivity contribution < 1.29 is 17.6 Å². The second-order valence-corrected chi connectivity index (χ2v) is 10.2. The Hall–Kier alpha value is -3.04. The zero-order chi connectivity index (χ0) is 22.9. The lowest BCUT2D eigenvalue weighted by Crippen LogP contribution is -2.37. The van der Waals surface area contributed by atoms with Crippen molar-refractivity contribution in [2.24, 2.45) is 5.92 Å². The second kappa shape index (κ2) is 8.84. The number of nitrogens with one attached hydrogen (secondary N) is 1. The summed E-state index contributed by atoms with van der Waals surface area (Å²) in [5.41, 5.74) is 3.31. The number of carbonyl (C=O) groups is 1. The molecule has 2 heterocycles. The lowest BCUT2D eigenvalue weighted by Gasteiger charge is -2.29. The van der Waals surface area contributed by atoms with Crippen LogP contribution in [0.25, 0.3) is 11.5 Å². The van der Waals surface area contributed by atoms with E-state index in [4.69, 9.17) is 4.42 Å². The second-order valence-electron chi connectivity index (χ2n) is 8.28. The van der Waals surface area contributed by atoms with Crippen LogP contribution in [0.4, 0.5) is 6.01 Å². The first-order valence-electron chi connectivity index (χ1n) is 10.6. The van der Waals surface area contributed by atoms with Crippen LogP contribution in [-0.4, -0.2) is 41.9 Å². The molecule has 1 saturated heterocycles. The van der Waals surface area contributed by atoms with E-state index in [-0.39, 0.29) is 10.9 Å². The molecule has 1 aliphatic heterocycles. The number of aromatic nitrogens is 2. The molecule has 1 fully saturated rings. The van der Waals surface area contributed by atoms with Gasteiger partial charge in [0.25, 0.3) is 5.91 Å². The van der Waals surface area contributed by atoms with Crippen LogP contribution in [0.3, 0.4) is 0 Å². The van der Waals surface area contributed by atoms with Gasteiger partial charge < -0.3 is 4.42 Å². The van der Waals surface area contributed by atoms with Gasteiger partial charge in [0.2, 0.25) is 15.9 Å². The maximum Gasteiger partial charge on any atom is 0.322 e. The fourth-order valence-electron chi connectivity index (χ4n) is 3.59. The maximum absolute atomic E-state index is 12.8. The number of carbonyl (C=O) groups excluding carboxylic acids is 1. The zero-order valence-corrected chi connectivity index (χ0v) is 19.1. The largest absolute Gasteiger partial charge is 0.403 e. The molecule has 3 aromatic rings. The highest BCUT2D eigenvalue weighted by Crippen LogP contribution is 2.25. The maximum atomic E-state index is 12.8. The van der Waals surface area contributed by atoms with Crippen LogP contribution in [0, 0.1) is 19.8 Å². The molecule has 0 aliphatic carbocycles. The summed E-state index contributed by atoms with van der Waals surface area (Å²) in [6, 6.07) is 11.6. The molecule has 2 aromatic carbocycles. The highest BCUT2D eigenvalue weighted by atomic mass is 32.2. The molecular formula is C23H26N4O4S. The fraction of sp³-hybridized carbons (Fsp3) is 0.348. The van der Waals surface area contributed by atoms with Crippen molar-refractivity contribution in [3.63, 3.8) is 0 Å². The van der Waals surface area contributed by atoms with E-state index in [0.717, 1.165) is 29.5 Å². The van der Waals surface area contributed by atoms with E-state index in [2.05, 4.69) is 22.4 Å².